The molecule has 0 spiro atoms. The van der Waals surface area contributed by atoms with E-state index in [-0.39, 0.29) is 4.90 Å². The van der Waals surface area contributed by atoms with Crippen molar-refractivity contribution in [2.75, 3.05) is 11.0 Å². The molecule has 0 saturated heterocycles. The molecule has 0 unspecified atom stereocenters. The van der Waals surface area contributed by atoms with Crippen molar-refractivity contribution in [3.05, 3.63) is 67.0 Å². The Labute approximate surface area is 165 Å². The maximum atomic E-state index is 12.8. The number of hydrogen-bond acceptors (Lipinski definition) is 7. The SMILES string of the molecule is CSc1nnnn1-c1cccc(NS(=O)(=O)c2cnn(-c3ccccc3)c2)c1. The average Bonchev–Trinajstić information content (AvgIpc) is 3.38. The van der Waals surface area contributed by atoms with Crippen LogP contribution in [0.3, 0.4) is 0 Å². The molecular weight excluding hydrogens is 398 g/mol. The number of nitrogens with one attached hydrogen (secondary N) is 1. The molecule has 0 fully saturated rings. The lowest BCUT2D eigenvalue weighted by Gasteiger charge is -2.08. The minimum Gasteiger partial charge on any atom is -0.279 e. The molecule has 2 aromatic heterocycles. The molecule has 28 heavy (non-hydrogen) atoms. The zero-order chi connectivity index (χ0) is 19.6. The van der Waals surface area contributed by atoms with Gasteiger partial charge in [-0.25, -0.2) is 13.1 Å². The molecule has 2 aromatic carbocycles. The summed E-state index contributed by atoms with van der Waals surface area (Å²) in [6.07, 6.45) is 4.64. The number of nitrogens with zero attached hydrogens (tertiary/aromatic N) is 6. The Kier molecular flexibility index (Phi) is 4.84. The van der Waals surface area contributed by atoms with Gasteiger partial charge in [0.1, 0.15) is 4.90 Å². The number of thioether (sulfide) groups is 1. The highest BCUT2D eigenvalue weighted by Gasteiger charge is 2.18. The third kappa shape index (κ3) is 3.62. The first-order valence-corrected chi connectivity index (χ1v) is 10.8. The number of hydrogen-bond donors (Lipinski definition) is 1. The second kappa shape index (κ2) is 7.44. The molecule has 0 aliphatic carbocycles. The van der Waals surface area contributed by atoms with Crippen LogP contribution in [-0.2, 0) is 10.0 Å². The van der Waals surface area contributed by atoms with Crippen LogP contribution in [0.5, 0.6) is 0 Å². The molecule has 142 valence electrons. The molecule has 0 aliphatic rings. The van der Waals surface area contributed by atoms with Crippen LogP contribution in [0.1, 0.15) is 0 Å². The van der Waals surface area contributed by atoms with Crippen LogP contribution in [0.15, 0.2) is 77.0 Å². The molecule has 0 atom stereocenters. The third-order valence-corrected chi connectivity index (χ3v) is 5.81. The van der Waals surface area contributed by atoms with E-state index in [0.29, 0.717) is 16.5 Å². The Hall–Kier alpha value is -3.18. The summed E-state index contributed by atoms with van der Waals surface area (Å²) >= 11 is 1.39. The summed E-state index contributed by atoms with van der Waals surface area (Å²) in [5.41, 5.74) is 1.82. The average molecular weight is 413 g/mol. The van der Waals surface area contributed by atoms with Crippen LogP contribution in [-0.4, -0.2) is 44.7 Å². The maximum Gasteiger partial charge on any atom is 0.265 e. The Balaban J connectivity index is 1.61. The molecule has 0 amide bonds. The third-order valence-electron chi connectivity index (χ3n) is 3.86. The number of rotatable bonds is 6. The smallest absolute Gasteiger partial charge is 0.265 e. The van der Waals surface area contributed by atoms with E-state index in [1.165, 1.54) is 33.5 Å². The molecule has 0 aliphatic heterocycles. The van der Waals surface area contributed by atoms with E-state index in [2.05, 4.69) is 25.3 Å². The Morgan fingerprint density at radius 3 is 2.61 bits per heavy atom. The van der Waals surface area contributed by atoms with Crippen molar-refractivity contribution in [1.29, 1.82) is 0 Å². The first-order valence-electron chi connectivity index (χ1n) is 8.12. The van der Waals surface area contributed by atoms with Gasteiger partial charge in [0.15, 0.2) is 0 Å². The molecule has 4 rings (SSSR count). The van der Waals surface area contributed by atoms with Gasteiger partial charge >= 0.3 is 0 Å². The molecule has 1 N–H and O–H groups in total. The van der Waals surface area contributed by atoms with Crippen molar-refractivity contribution in [2.45, 2.75) is 10.1 Å². The zero-order valence-electron chi connectivity index (χ0n) is 14.7. The molecule has 9 nitrogen and oxygen atoms in total. The number of anilines is 1. The van der Waals surface area contributed by atoms with E-state index >= 15 is 0 Å². The second-order valence-electron chi connectivity index (χ2n) is 5.69. The number of sulfonamides is 1. The van der Waals surface area contributed by atoms with E-state index in [4.69, 9.17) is 0 Å². The molecule has 11 heteroatoms. The van der Waals surface area contributed by atoms with Crippen molar-refractivity contribution in [3.8, 4) is 11.4 Å². The highest BCUT2D eigenvalue weighted by atomic mass is 32.2. The van der Waals surface area contributed by atoms with Gasteiger partial charge in [-0.1, -0.05) is 36.0 Å². The summed E-state index contributed by atoms with van der Waals surface area (Å²) < 4.78 is 31.1. The number of aromatic nitrogens is 6. The van der Waals surface area contributed by atoms with Crippen molar-refractivity contribution < 1.29 is 8.42 Å². The highest BCUT2D eigenvalue weighted by molar-refractivity contribution is 7.98. The van der Waals surface area contributed by atoms with Crippen molar-refractivity contribution in [1.82, 2.24) is 30.0 Å². The summed E-state index contributed by atoms with van der Waals surface area (Å²) in [5, 5.41) is 16.2. The quantitative estimate of drug-likeness (QED) is 0.484. The number of tetrazole rings is 1. The predicted molar refractivity (Wildman–Crippen MR) is 105 cm³/mol. The zero-order valence-corrected chi connectivity index (χ0v) is 16.3. The molecule has 0 bridgehead atoms. The fraction of sp³-hybridized carbons (Fsp3) is 0.0588. The lowest BCUT2D eigenvalue weighted by molar-refractivity contribution is 0.601. The highest BCUT2D eigenvalue weighted by Crippen LogP contribution is 2.21. The van der Waals surface area contributed by atoms with Gasteiger partial charge in [-0.05, 0) is 47.0 Å². The minimum atomic E-state index is -3.80. The van der Waals surface area contributed by atoms with Crippen molar-refractivity contribution >= 4 is 27.5 Å². The molecule has 4 aromatic rings. The fourth-order valence-corrected chi connectivity index (χ4v) is 3.96. The minimum absolute atomic E-state index is 0.0639. The molecule has 0 saturated carbocycles. The Morgan fingerprint density at radius 1 is 1.04 bits per heavy atom. The number of para-hydroxylation sites is 1. The summed E-state index contributed by atoms with van der Waals surface area (Å²) in [4.78, 5) is 0.0639. The van der Waals surface area contributed by atoms with Gasteiger partial charge in [-0.15, -0.1) is 5.10 Å². The molecule has 0 radical (unpaired) electrons. The van der Waals surface area contributed by atoms with Gasteiger partial charge in [0.25, 0.3) is 10.0 Å². The van der Waals surface area contributed by atoms with Crippen LogP contribution in [0.4, 0.5) is 5.69 Å². The second-order valence-corrected chi connectivity index (χ2v) is 8.15. The predicted octanol–water partition coefficient (Wildman–Crippen LogP) is 2.37. The summed E-state index contributed by atoms with van der Waals surface area (Å²) in [5.74, 6) is 0. The standard InChI is InChI=1S/C17H15N7O2S2/c1-27-17-19-21-22-24(17)15-9-5-6-13(10-15)20-28(25,26)16-11-18-23(12-16)14-7-3-2-4-8-14/h2-12,20H,1H3. The van der Waals surface area contributed by atoms with E-state index in [0.717, 1.165) is 5.69 Å². The first kappa shape index (κ1) is 18.2. The lowest BCUT2D eigenvalue weighted by atomic mass is 10.3. The van der Waals surface area contributed by atoms with Crippen molar-refractivity contribution in [3.63, 3.8) is 0 Å². The van der Waals surface area contributed by atoms with Crippen molar-refractivity contribution in [2.24, 2.45) is 0 Å². The fourth-order valence-electron chi connectivity index (χ4n) is 2.55. The van der Waals surface area contributed by atoms with E-state index in [9.17, 15) is 8.42 Å². The van der Waals surface area contributed by atoms with Crippen LogP contribution < -0.4 is 4.72 Å². The summed E-state index contributed by atoms with van der Waals surface area (Å²) in [6.45, 7) is 0. The number of benzene rings is 2. The molecule has 2 heterocycles. The van der Waals surface area contributed by atoms with Crippen LogP contribution in [0, 0.1) is 0 Å². The largest absolute Gasteiger partial charge is 0.279 e. The van der Waals surface area contributed by atoms with E-state index < -0.39 is 10.0 Å². The Bertz CT molecular complexity index is 1200. The topological polar surface area (TPSA) is 108 Å². The van der Waals surface area contributed by atoms with E-state index in [1.54, 1.807) is 24.3 Å². The summed E-state index contributed by atoms with van der Waals surface area (Å²) in [7, 11) is -3.80. The normalized spacial score (nSPS) is 11.5. The first-order chi connectivity index (χ1) is 13.6. The summed E-state index contributed by atoms with van der Waals surface area (Å²) in [6, 6.07) is 16.1. The monoisotopic (exact) mass is 413 g/mol. The van der Waals surface area contributed by atoms with Gasteiger partial charge in [-0.3, -0.25) is 4.72 Å². The van der Waals surface area contributed by atoms with E-state index in [1.807, 2.05) is 36.6 Å². The van der Waals surface area contributed by atoms with Gasteiger partial charge in [-0.2, -0.15) is 9.78 Å². The van der Waals surface area contributed by atoms with Gasteiger partial charge in [0.2, 0.25) is 5.16 Å². The lowest BCUT2D eigenvalue weighted by Crippen LogP contribution is -2.12. The molecular formula is C17H15N7O2S2. The van der Waals surface area contributed by atoms with Crippen LogP contribution in [0.2, 0.25) is 0 Å². The van der Waals surface area contributed by atoms with Crippen LogP contribution in [0.25, 0.3) is 11.4 Å². The van der Waals surface area contributed by atoms with Crippen LogP contribution >= 0.6 is 11.8 Å². The van der Waals surface area contributed by atoms with Gasteiger partial charge in [0, 0.05) is 0 Å². The van der Waals surface area contributed by atoms with Gasteiger partial charge < -0.3 is 0 Å². The maximum absolute atomic E-state index is 12.8. The Morgan fingerprint density at radius 2 is 1.82 bits per heavy atom. The van der Waals surface area contributed by atoms with Gasteiger partial charge in [0.05, 0.1) is 29.5 Å².